The van der Waals surface area contributed by atoms with Crippen LogP contribution in [0.5, 0.6) is 0 Å². The molecule has 2 atom stereocenters. The Morgan fingerprint density at radius 2 is 2.00 bits per heavy atom. The van der Waals surface area contributed by atoms with Crippen molar-refractivity contribution in [1.82, 2.24) is 10.2 Å². The summed E-state index contributed by atoms with van der Waals surface area (Å²) in [5.74, 6) is -3.05. The van der Waals surface area contributed by atoms with Gasteiger partial charge in [-0.2, -0.15) is 0 Å². The van der Waals surface area contributed by atoms with Gasteiger partial charge < -0.3 is 15.2 Å². The molecule has 0 radical (unpaired) electrons. The monoisotopic (exact) mass is 454 g/mol. The van der Waals surface area contributed by atoms with Crippen molar-refractivity contribution in [2.75, 3.05) is 17.7 Å². The number of aliphatic carboxylic acids is 1. The topological polar surface area (TPSA) is 113 Å². The van der Waals surface area contributed by atoms with E-state index in [1.165, 1.54) is 11.8 Å². The molecule has 142 valence electrons. The Labute approximate surface area is 167 Å². The Hall–Kier alpha value is -2.33. The summed E-state index contributed by atoms with van der Waals surface area (Å²) in [6.45, 7) is 0.0903. The molecule has 27 heavy (non-hydrogen) atoms. The SMILES string of the molecule is O=C(O)C1=C(C(=O)OCCBr)CS[C@@H]2C(NC(=O)c3ccccc3)C(=O)N12. The standard InChI is InChI=1S/C17H15BrN2O6S/c18-6-7-26-17(25)10-8-27-15-11(14(22)20(15)12(10)16(23)24)19-13(21)9-4-2-1-3-5-9/h1-5,11,15H,6-8H2,(H,19,21)(H,23,24)/t11?,15-/m1/s1. The van der Waals surface area contributed by atoms with Crippen molar-refractivity contribution >= 4 is 51.4 Å². The normalized spacial score (nSPS) is 21.2. The molecule has 3 rings (SSSR count). The van der Waals surface area contributed by atoms with Crippen molar-refractivity contribution in [3.63, 3.8) is 0 Å². The third-order valence-corrected chi connectivity index (χ3v) is 5.65. The fraction of sp³-hybridized carbons (Fsp3) is 0.294. The molecule has 1 fully saturated rings. The fourth-order valence-corrected chi connectivity index (χ4v) is 4.30. The summed E-state index contributed by atoms with van der Waals surface area (Å²) < 4.78 is 4.98. The molecule has 0 aliphatic carbocycles. The summed E-state index contributed by atoms with van der Waals surface area (Å²) in [5.41, 5.74) is -0.0444. The average Bonchev–Trinajstić information content (AvgIpc) is 2.69. The number of thioether (sulfide) groups is 1. The molecule has 0 bridgehead atoms. The van der Waals surface area contributed by atoms with Crippen molar-refractivity contribution in [3.8, 4) is 0 Å². The number of carboxylic acid groups (broad SMARTS) is 1. The zero-order chi connectivity index (χ0) is 19.6. The zero-order valence-corrected chi connectivity index (χ0v) is 16.3. The van der Waals surface area contributed by atoms with Crippen LogP contribution < -0.4 is 5.32 Å². The van der Waals surface area contributed by atoms with Crippen LogP contribution in [-0.2, 0) is 19.1 Å². The highest BCUT2D eigenvalue weighted by atomic mass is 79.9. The lowest BCUT2D eigenvalue weighted by molar-refractivity contribution is -0.149. The Bertz CT molecular complexity index is 828. The number of carboxylic acids is 1. The molecule has 1 aromatic carbocycles. The van der Waals surface area contributed by atoms with E-state index in [2.05, 4.69) is 21.2 Å². The van der Waals surface area contributed by atoms with E-state index < -0.39 is 35.2 Å². The first-order chi connectivity index (χ1) is 13.0. The number of carbonyl (C=O) groups is 4. The Kier molecular flexibility index (Phi) is 5.85. The minimum absolute atomic E-state index is 0.0640. The predicted molar refractivity (Wildman–Crippen MR) is 100 cm³/mol. The quantitative estimate of drug-likeness (QED) is 0.374. The number of rotatable bonds is 6. The molecule has 0 aromatic heterocycles. The number of nitrogens with one attached hydrogen (secondary N) is 1. The summed E-state index contributed by atoms with van der Waals surface area (Å²) in [5, 5.41) is 12.0. The number of hydrogen-bond acceptors (Lipinski definition) is 6. The number of fused-ring (bicyclic) bond motifs is 1. The number of β-lactam (4-membered cyclic amide) rings is 1. The molecule has 1 saturated heterocycles. The Morgan fingerprint density at radius 3 is 2.63 bits per heavy atom. The largest absolute Gasteiger partial charge is 0.477 e. The summed E-state index contributed by atoms with van der Waals surface area (Å²) in [6, 6.07) is 7.56. The molecule has 2 aliphatic rings. The molecular weight excluding hydrogens is 440 g/mol. The number of benzene rings is 1. The number of carbonyl (C=O) groups excluding carboxylic acids is 3. The number of nitrogens with zero attached hydrogens (tertiary/aromatic N) is 1. The van der Waals surface area contributed by atoms with Crippen LogP contribution in [0.1, 0.15) is 10.4 Å². The minimum Gasteiger partial charge on any atom is -0.477 e. The first-order valence-electron chi connectivity index (χ1n) is 7.95. The van der Waals surface area contributed by atoms with Gasteiger partial charge in [-0.05, 0) is 12.1 Å². The van der Waals surface area contributed by atoms with Gasteiger partial charge >= 0.3 is 11.9 Å². The predicted octanol–water partition coefficient (Wildman–Crippen LogP) is 0.977. The van der Waals surface area contributed by atoms with E-state index in [-0.39, 0.29) is 23.6 Å². The molecule has 2 heterocycles. The number of halogens is 1. The van der Waals surface area contributed by atoms with Crippen molar-refractivity contribution in [2.45, 2.75) is 11.4 Å². The molecule has 10 heteroatoms. The first-order valence-corrected chi connectivity index (χ1v) is 10.1. The second-order valence-corrected chi connectivity index (χ2v) is 7.58. The van der Waals surface area contributed by atoms with Crippen molar-refractivity contribution < 1.29 is 29.0 Å². The number of esters is 1. The number of ether oxygens (including phenoxy) is 1. The molecule has 2 amide bonds. The van der Waals surface area contributed by atoms with Gasteiger partial charge in [0.1, 0.15) is 23.7 Å². The Morgan fingerprint density at radius 1 is 1.30 bits per heavy atom. The highest BCUT2D eigenvalue weighted by Gasteiger charge is 2.55. The molecular formula is C17H15BrN2O6S. The zero-order valence-electron chi connectivity index (χ0n) is 13.9. The number of hydrogen-bond donors (Lipinski definition) is 2. The van der Waals surface area contributed by atoms with Crippen molar-refractivity contribution in [3.05, 3.63) is 47.2 Å². The second kappa shape index (κ2) is 8.13. The van der Waals surface area contributed by atoms with E-state index in [4.69, 9.17) is 4.74 Å². The van der Waals surface area contributed by atoms with Gasteiger partial charge in [-0.3, -0.25) is 14.5 Å². The highest BCUT2D eigenvalue weighted by Crippen LogP contribution is 2.40. The van der Waals surface area contributed by atoms with E-state index in [1.807, 2.05) is 0 Å². The summed E-state index contributed by atoms with van der Waals surface area (Å²) >= 11 is 4.33. The van der Waals surface area contributed by atoms with Crippen LogP contribution in [-0.4, -0.2) is 62.9 Å². The van der Waals surface area contributed by atoms with Gasteiger partial charge in [0.2, 0.25) is 0 Å². The molecule has 1 aromatic rings. The lowest BCUT2D eigenvalue weighted by Crippen LogP contribution is -2.70. The molecule has 8 nitrogen and oxygen atoms in total. The van der Waals surface area contributed by atoms with Gasteiger partial charge in [-0.15, -0.1) is 11.8 Å². The van der Waals surface area contributed by atoms with Gasteiger partial charge in [-0.25, -0.2) is 9.59 Å². The molecule has 0 spiro atoms. The molecule has 2 aliphatic heterocycles. The molecule has 0 saturated carbocycles. The molecule has 1 unspecified atom stereocenters. The number of amides is 2. The highest BCUT2D eigenvalue weighted by molar-refractivity contribution is 9.09. The van der Waals surface area contributed by atoms with Crippen LogP contribution in [0.2, 0.25) is 0 Å². The van der Waals surface area contributed by atoms with E-state index >= 15 is 0 Å². The molecule has 2 N–H and O–H groups in total. The fourth-order valence-electron chi connectivity index (χ4n) is 2.81. The van der Waals surface area contributed by atoms with Gasteiger partial charge in [0.05, 0.1) is 5.57 Å². The lowest BCUT2D eigenvalue weighted by atomic mass is 10.0. The van der Waals surface area contributed by atoms with E-state index in [0.717, 1.165) is 4.90 Å². The third kappa shape index (κ3) is 3.72. The summed E-state index contributed by atoms with van der Waals surface area (Å²) in [7, 11) is 0. The van der Waals surface area contributed by atoms with E-state index in [0.29, 0.717) is 10.9 Å². The van der Waals surface area contributed by atoms with E-state index in [9.17, 15) is 24.3 Å². The van der Waals surface area contributed by atoms with Crippen LogP contribution in [0.15, 0.2) is 41.6 Å². The smallest absolute Gasteiger partial charge is 0.353 e. The van der Waals surface area contributed by atoms with Gasteiger partial charge in [-0.1, -0.05) is 34.1 Å². The minimum atomic E-state index is -1.38. The summed E-state index contributed by atoms with van der Waals surface area (Å²) in [4.78, 5) is 49.6. The second-order valence-electron chi connectivity index (χ2n) is 5.68. The maximum Gasteiger partial charge on any atom is 0.353 e. The van der Waals surface area contributed by atoms with E-state index in [1.54, 1.807) is 30.3 Å². The van der Waals surface area contributed by atoms with Gasteiger partial charge in [0.15, 0.2) is 0 Å². The maximum absolute atomic E-state index is 12.5. The summed E-state index contributed by atoms with van der Waals surface area (Å²) in [6.07, 6.45) is 0. The van der Waals surface area contributed by atoms with Crippen LogP contribution in [0.4, 0.5) is 0 Å². The van der Waals surface area contributed by atoms with Gasteiger partial charge in [0.25, 0.3) is 11.8 Å². The van der Waals surface area contributed by atoms with Crippen LogP contribution in [0.25, 0.3) is 0 Å². The van der Waals surface area contributed by atoms with Gasteiger partial charge in [0, 0.05) is 16.6 Å². The van der Waals surface area contributed by atoms with Crippen LogP contribution in [0.3, 0.4) is 0 Å². The maximum atomic E-state index is 12.5. The lowest BCUT2D eigenvalue weighted by Gasteiger charge is -2.49. The first kappa shape index (κ1) is 19.4. The number of alkyl halides is 1. The third-order valence-electron chi connectivity index (χ3n) is 4.05. The van der Waals surface area contributed by atoms with Crippen LogP contribution >= 0.6 is 27.7 Å². The Balaban J connectivity index is 1.78. The van der Waals surface area contributed by atoms with Crippen molar-refractivity contribution in [2.24, 2.45) is 0 Å². The average molecular weight is 455 g/mol. The van der Waals surface area contributed by atoms with Crippen molar-refractivity contribution in [1.29, 1.82) is 0 Å². The van der Waals surface area contributed by atoms with Crippen LogP contribution in [0, 0.1) is 0 Å².